The molecule has 1 aliphatic carbocycles. The summed E-state index contributed by atoms with van der Waals surface area (Å²) in [6, 6.07) is 11.3. The summed E-state index contributed by atoms with van der Waals surface area (Å²) in [5.41, 5.74) is 3.39. The number of nitrogens with zero attached hydrogens (tertiary/aromatic N) is 4. The van der Waals surface area contributed by atoms with Crippen molar-refractivity contribution in [2.75, 3.05) is 6.61 Å². The average Bonchev–Trinajstić information content (AvgIpc) is 3.64. The number of aromatic nitrogens is 3. The molecule has 0 spiro atoms. The molecule has 1 N–H and O–H groups in total. The van der Waals surface area contributed by atoms with Crippen molar-refractivity contribution in [3.8, 4) is 11.6 Å². The maximum absolute atomic E-state index is 15.0. The zero-order chi connectivity index (χ0) is 22.9. The van der Waals surface area contributed by atoms with Crippen LogP contribution < -0.4 is 10.1 Å². The molecule has 1 aromatic heterocycles. The topological polar surface area (TPSA) is 81.5 Å². The Morgan fingerprint density at radius 1 is 1.18 bits per heavy atom. The lowest BCUT2D eigenvalue weighted by Gasteiger charge is -2.25. The van der Waals surface area contributed by atoms with Crippen LogP contribution >= 0.6 is 15.9 Å². The highest BCUT2D eigenvalue weighted by Crippen LogP contribution is 2.43. The van der Waals surface area contributed by atoms with E-state index in [1.54, 1.807) is 25.1 Å². The highest BCUT2D eigenvalue weighted by atomic mass is 79.9. The van der Waals surface area contributed by atoms with Crippen molar-refractivity contribution < 1.29 is 14.0 Å². The second-order valence-electron chi connectivity index (χ2n) is 8.40. The Balaban J connectivity index is 1.39. The Bertz CT molecular complexity index is 1230. The number of benzene rings is 2. The van der Waals surface area contributed by atoms with E-state index in [1.807, 2.05) is 6.07 Å². The van der Waals surface area contributed by atoms with Crippen LogP contribution in [0.2, 0.25) is 0 Å². The quantitative estimate of drug-likeness (QED) is 0.504. The third-order valence-corrected chi connectivity index (χ3v) is 6.24. The molecule has 0 radical (unpaired) electrons. The molecule has 1 unspecified atom stereocenters. The molecule has 5 rings (SSSR count). The summed E-state index contributed by atoms with van der Waals surface area (Å²) in [6.07, 6.45) is 2.73. The average molecular weight is 512 g/mol. The van der Waals surface area contributed by atoms with Crippen molar-refractivity contribution in [3.05, 3.63) is 74.9 Å². The van der Waals surface area contributed by atoms with E-state index in [4.69, 9.17) is 9.57 Å². The zero-order valence-electron chi connectivity index (χ0n) is 18.3. The van der Waals surface area contributed by atoms with E-state index in [0.29, 0.717) is 29.5 Å². The molecule has 2 heterocycles. The molecule has 2 aliphatic rings. The van der Waals surface area contributed by atoms with Gasteiger partial charge in [0.1, 0.15) is 12.4 Å². The molecule has 0 bridgehead atoms. The van der Waals surface area contributed by atoms with Gasteiger partial charge in [-0.2, -0.15) is 0 Å². The van der Waals surface area contributed by atoms with E-state index < -0.39 is 0 Å². The Hall–Kier alpha value is -3.07. The van der Waals surface area contributed by atoms with Crippen molar-refractivity contribution in [1.82, 2.24) is 20.5 Å². The van der Waals surface area contributed by atoms with Gasteiger partial charge in [0.05, 0.1) is 6.04 Å². The number of rotatable bonds is 6. The van der Waals surface area contributed by atoms with Gasteiger partial charge < -0.3 is 14.9 Å². The minimum atomic E-state index is -0.369. The Morgan fingerprint density at radius 2 is 2.03 bits per heavy atom. The van der Waals surface area contributed by atoms with Crippen molar-refractivity contribution in [2.45, 2.75) is 45.1 Å². The van der Waals surface area contributed by atoms with Gasteiger partial charge in [0.15, 0.2) is 23.1 Å². The lowest BCUT2D eigenvalue weighted by molar-refractivity contribution is 0.109. The van der Waals surface area contributed by atoms with Crippen LogP contribution in [0.3, 0.4) is 0 Å². The molecular formula is C24H23BrFN5O2. The number of hydrogen-bond acceptors (Lipinski definition) is 7. The van der Waals surface area contributed by atoms with Gasteiger partial charge in [-0.1, -0.05) is 39.3 Å². The maximum atomic E-state index is 15.0. The first-order valence-corrected chi connectivity index (χ1v) is 11.7. The predicted molar refractivity (Wildman–Crippen MR) is 125 cm³/mol. The second kappa shape index (κ2) is 9.05. The second-order valence-corrected chi connectivity index (χ2v) is 9.32. The number of nitrogens with one attached hydrogen (secondary N) is 1. The molecule has 3 aromatic rings. The molecule has 9 heteroatoms. The van der Waals surface area contributed by atoms with Crippen LogP contribution in [0.1, 0.15) is 47.0 Å². The molecule has 7 nitrogen and oxygen atoms in total. The number of amidine groups is 1. The summed E-state index contributed by atoms with van der Waals surface area (Å²) < 4.78 is 21.9. The van der Waals surface area contributed by atoms with E-state index in [0.717, 1.165) is 23.7 Å². The molecule has 1 atom stereocenters. The fraction of sp³-hybridized carbons (Fsp3) is 0.333. The number of ether oxygens (including phenoxy) is 1. The van der Waals surface area contributed by atoms with E-state index >= 15 is 4.39 Å². The first-order chi connectivity index (χ1) is 16.0. The van der Waals surface area contributed by atoms with Crippen molar-refractivity contribution >= 4 is 21.8 Å². The number of halogens is 2. The van der Waals surface area contributed by atoms with Crippen LogP contribution in [-0.4, -0.2) is 33.7 Å². The smallest absolute Gasteiger partial charge is 0.269 e. The fourth-order valence-electron chi connectivity index (χ4n) is 3.87. The van der Waals surface area contributed by atoms with Gasteiger partial charge in [-0.3, -0.25) is 0 Å². The largest absolute Gasteiger partial charge is 0.433 e. The molecule has 170 valence electrons. The van der Waals surface area contributed by atoms with Gasteiger partial charge in [-0.25, -0.2) is 9.37 Å². The van der Waals surface area contributed by atoms with Gasteiger partial charge in [0.25, 0.3) is 5.88 Å². The van der Waals surface area contributed by atoms with Gasteiger partial charge in [-0.15, -0.1) is 10.2 Å². The summed E-state index contributed by atoms with van der Waals surface area (Å²) in [4.78, 5) is 9.97. The minimum Gasteiger partial charge on any atom is -0.433 e. The molecular weight excluding hydrogens is 489 g/mol. The summed E-state index contributed by atoms with van der Waals surface area (Å²) in [7, 11) is 0. The summed E-state index contributed by atoms with van der Waals surface area (Å²) in [5, 5.41) is 15.7. The minimum absolute atomic E-state index is 0.0320. The van der Waals surface area contributed by atoms with E-state index in [2.05, 4.69) is 60.6 Å². The van der Waals surface area contributed by atoms with E-state index in [9.17, 15) is 0 Å². The maximum Gasteiger partial charge on any atom is 0.269 e. The molecule has 2 aromatic carbocycles. The van der Waals surface area contributed by atoms with Crippen molar-refractivity contribution in [3.63, 3.8) is 0 Å². The molecule has 1 saturated carbocycles. The Labute approximate surface area is 199 Å². The van der Waals surface area contributed by atoms with Crippen LogP contribution in [0.15, 0.2) is 46.0 Å². The monoisotopic (exact) mass is 511 g/mol. The summed E-state index contributed by atoms with van der Waals surface area (Å²) in [5.74, 6) is 0.887. The SMILES string of the molecule is Cc1nnc(Oc2cccc(C3CC3)c2F)c(C2=NOCC(Cc3ccc(Br)cc3C)N2)n1. The van der Waals surface area contributed by atoms with Crippen LogP contribution in [0.5, 0.6) is 11.6 Å². The van der Waals surface area contributed by atoms with Crippen molar-refractivity contribution in [1.29, 1.82) is 0 Å². The number of hydrogen-bond donors (Lipinski definition) is 1. The lowest BCUT2D eigenvalue weighted by Crippen LogP contribution is -2.44. The number of oxime groups is 1. The van der Waals surface area contributed by atoms with Gasteiger partial charge in [-0.05, 0) is 73.9 Å². The highest BCUT2D eigenvalue weighted by molar-refractivity contribution is 9.10. The Morgan fingerprint density at radius 3 is 2.82 bits per heavy atom. The lowest BCUT2D eigenvalue weighted by atomic mass is 10.0. The normalized spacial score (nSPS) is 17.7. The standard InChI is InChI=1S/C24H23BrFN5O2/c1-13-10-17(25)9-8-16(13)11-18-12-32-31-23(28-18)22-24(30-29-14(2)27-22)33-20-5-3-4-19(21(20)26)15-6-7-15/h3-5,8-10,15,18H,6-7,11-12H2,1-2H3,(H,28,31). The molecule has 0 amide bonds. The van der Waals surface area contributed by atoms with E-state index in [1.165, 1.54) is 11.1 Å². The van der Waals surface area contributed by atoms with Crippen molar-refractivity contribution in [2.24, 2.45) is 5.16 Å². The molecule has 1 aliphatic heterocycles. The third-order valence-electron chi connectivity index (χ3n) is 5.75. The van der Waals surface area contributed by atoms with Crippen LogP contribution in [0.25, 0.3) is 0 Å². The van der Waals surface area contributed by atoms with Crippen LogP contribution in [0.4, 0.5) is 4.39 Å². The number of aryl methyl sites for hydroxylation is 2. The zero-order valence-corrected chi connectivity index (χ0v) is 19.9. The first-order valence-electron chi connectivity index (χ1n) is 10.9. The Kier molecular flexibility index (Phi) is 5.97. The highest BCUT2D eigenvalue weighted by Gasteiger charge is 2.29. The van der Waals surface area contributed by atoms with E-state index in [-0.39, 0.29) is 29.4 Å². The predicted octanol–water partition coefficient (Wildman–Crippen LogP) is 4.95. The molecule has 1 fully saturated rings. The first kappa shape index (κ1) is 21.8. The van der Waals surface area contributed by atoms with Crippen LogP contribution in [0, 0.1) is 19.7 Å². The van der Waals surface area contributed by atoms with Gasteiger partial charge in [0, 0.05) is 4.47 Å². The van der Waals surface area contributed by atoms with Crippen LogP contribution in [-0.2, 0) is 11.3 Å². The fourth-order valence-corrected chi connectivity index (χ4v) is 4.34. The summed E-state index contributed by atoms with van der Waals surface area (Å²) in [6.45, 7) is 4.21. The summed E-state index contributed by atoms with van der Waals surface area (Å²) >= 11 is 3.50. The molecule has 0 saturated heterocycles. The third kappa shape index (κ3) is 4.83. The van der Waals surface area contributed by atoms with Gasteiger partial charge >= 0.3 is 0 Å². The van der Waals surface area contributed by atoms with Gasteiger partial charge in [0.2, 0.25) is 0 Å². The molecule has 33 heavy (non-hydrogen) atoms.